The summed E-state index contributed by atoms with van der Waals surface area (Å²) in [5.41, 5.74) is 3.58. The lowest BCUT2D eigenvalue weighted by Gasteiger charge is -2.20. The van der Waals surface area contributed by atoms with E-state index in [2.05, 4.69) is 17.3 Å². The first-order valence-corrected chi connectivity index (χ1v) is 12.1. The maximum atomic E-state index is 13.4. The van der Waals surface area contributed by atoms with E-state index in [1.165, 1.54) is 5.56 Å². The highest BCUT2D eigenvalue weighted by Gasteiger charge is 2.25. The van der Waals surface area contributed by atoms with Gasteiger partial charge in [0.05, 0.1) is 5.39 Å². The zero-order valence-electron chi connectivity index (χ0n) is 17.9. The standard InChI is InChI=1S/C26H22N2O4S/c29-26(19-6-8-21-20(14-19)25(32-27-21)17-4-2-1-3-5-17)28-11-10-24(33-13-12-28)18-7-9-22-23(15-18)31-16-30-22/h1-9,14-15,24H,10-13,16H2. The van der Waals surface area contributed by atoms with Gasteiger partial charge in [-0.3, -0.25) is 4.79 Å². The van der Waals surface area contributed by atoms with Crippen molar-refractivity contribution in [3.8, 4) is 22.8 Å². The van der Waals surface area contributed by atoms with Crippen LogP contribution in [0.4, 0.5) is 0 Å². The average molecular weight is 459 g/mol. The molecule has 1 unspecified atom stereocenters. The van der Waals surface area contributed by atoms with Gasteiger partial charge in [-0.05, 0) is 42.3 Å². The van der Waals surface area contributed by atoms with E-state index in [0.717, 1.165) is 46.7 Å². The second-order valence-electron chi connectivity index (χ2n) is 8.16. The number of fused-ring (bicyclic) bond motifs is 2. The van der Waals surface area contributed by atoms with Crippen molar-refractivity contribution in [2.45, 2.75) is 11.7 Å². The quantitative estimate of drug-likeness (QED) is 0.401. The van der Waals surface area contributed by atoms with Crippen LogP contribution in [0.5, 0.6) is 11.5 Å². The first-order chi connectivity index (χ1) is 16.3. The van der Waals surface area contributed by atoms with Gasteiger partial charge in [0, 0.05) is 35.2 Å². The van der Waals surface area contributed by atoms with Gasteiger partial charge in [0.25, 0.3) is 5.91 Å². The van der Waals surface area contributed by atoms with Crippen molar-refractivity contribution in [1.82, 2.24) is 10.1 Å². The molecule has 166 valence electrons. The van der Waals surface area contributed by atoms with Crippen LogP contribution in [0, 0.1) is 0 Å². The van der Waals surface area contributed by atoms with Crippen molar-refractivity contribution in [2.24, 2.45) is 0 Å². The van der Waals surface area contributed by atoms with Crippen molar-refractivity contribution in [3.63, 3.8) is 0 Å². The highest BCUT2D eigenvalue weighted by molar-refractivity contribution is 7.99. The molecule has 0 spiro atoms. The van der Waals surface area contributed by atoms with Gasteiger partial charge in [-0.2, -0.15) is 11.8 Å². The Morgan fingerprint density at radius 2 is 1.85 bits per heavy atom. The molecule has 0 aliphatic carbocycles. The van der Waals surface area contributed by atoms with E-state index in [-0.39, 0.29) is 12.7 Å². The van der Waals surface area contributed by atoms with E-state index < -0.39 is 0 Å². The fourth-order valence-corrected chi connectivity index (χ4v) is 5.63. The van der Waals surface area contributed by atoms with Crippen LogP contribution >= 0.6 is 11.8 Å². The molecule has 6 rings (SSSR count). The first-order valence-electron chi connectivity index (χ1n) is 11.0. The Bertz CT molecular complexity index is 1320. The highest BCUT2D eigenvalue weighted by atomic mass is 32.2. The van der Waals surface area contributed by atoms with Gasteiger partial charge in [-0.15, -0.1) is 0 Å². The minimum absolute atomic E-state index is 0.0454. The third kappa shape index (κ3) is 3.82. The molecule has 2 aliphatic heterocycles. The topological polar surface area (TPSA) is 64.8 Å². The Morgan fingerprint density at radius 3 is 2.76 bits per heavy atom. The molecule has 6 nitrogen and oxygen atoms in total. The highest BCUT2D eigenvalue weighted by Crippen LogP contribution is 2.40. The summed E-state index contributed by atoms with van der Waals surface area (Å²) in [6, 6.07) is 21.6. The summed E-state index contributed by atoms with van der Waals surface area (Å²) in [6.45, 7) is 1.71. The second kappa shape index (κ2) is 8.48. The van der Waals surface area contributed by atoms with Gasteiger partial charge >= 0.3 is 0 Å². The number of benzene rings is 3. The van der Waals surface area contributed by atoms with Gasteiger partial charge in [0.2, 0.25) is 6.79 Å². The zero-order chi connectivity index (χ0) is 22.2. The number of amides is 1. The number of aromatic nitrogens is 1. The molecule has 4 aromatic rings. The first kappa shape index (κ1) is 20.2. The third-order valence-electron chi connectivity index (χ3n) is 6.16. The number of thioether (sulfide) groups is 1. The van der Waals surface area contributed by atoms with Crippen LogP contribution in [0.2, 0.25) is 0 Å². The molecule has 7 heteroatoms. The van der Waals surface area contributed by atoms with Gasteiger partial charge in [-0.1, -0.05) is 41.6 Å². The average Bonchev–Trinajstić information content (AvgIpc) is 3.43. The van der Waals surface area contributed by atoms with E-state index in [1.807, 2.05) is 71.3 Å². The summed E-state index contributed by atoms with van der Waals surface area (Å²) in [6.07, 6.45) is 0.890. The molecule has 3 heterocycles. The van der Waals surface area contributed by atoms with Gasteiger partial charge in [-0.25, -0.2) is 0 Å². The lowest BCUT2D eigenvalue weighted by molar-refractivity contribution is 0.0766. The molecule has 2 aliphatic rings. The van der Waals surface area contributed by atoms with Crippen LogP contribution in [0.3, 0.4) is 0 Å². The van der Waals surface area contributed by atoms with Crippen molar-refractivity contribution >= 4 is 28.6 Å². The Morgan fingerprint density at radius 1 is 0.970 bits per heavy atom. The summed E-state index contributed by atoms with van der Waals surface area (Å²) in [7, 11) is 0. The van der Waals surface area contributed by atoms with E-state index in [1.54, 1.807) is 0 Å². The van der Waals surface area contributed by atoms with Crippen LogP contribution < -0.4 is 9.47 Å². The summed E-state index contributed by atoms with van der Waals surface area (Å²) >= 11 is 1.89. The SMILES string of the molecule is O=C(c1ccc2noc(-c3ccccc3)c2c1)N1CCSC(c2ccc3c(c2)OCO3)CC1. The zero-order valence-corrected chi connectivity index (χ0v) is 18.7. The second-order valence-corrected chi connectivity index (χ2v) is 9.47. The van der Waals surface area contributed by atoms with E-state index >= 15 is 0 Å². The fraction of sp³-hybridized carbons (Fsp3) is 0.231. The minimum Gasteiger partial charge on any atom is -0.454 e. The molecule has 1 aromatic heterocycles. The number of rotatable bonds is 3. The summed E-state index contributed by atoms with van der Waals surface area (Å²) in [5, 5.41) is 5.35. The molecule has 0 bridgehead atoms. The molecule has 1 saturated heterocycles. The van der Waals surface area contributed by atoms with Crippen LogP contribution in [0.25, 0.3) is 22.2 Å². The maximum Gasteiger partial charge on any atom is 0.253 e. The number of hydrogen-bond donors (Lipinski definition) is 0. The van der Waals surface area contributed by atoms with Crippen molar-refractivity contribution in [1.29, 1.82) is 0 Å². The Balaban J connectivity index is 1.21. The van der Waals surface area contributed by atoms with Crippen molar-refractivity contribution < 1.29 is 18.8 Å². The number of carbonyl (C=O) groups is 1. The number of nitrogens with zero attached hydrogens (tertiary/aromatic N) is 2. The van der Waals surface area contributed by atoms with Crippen molar-refractivity contribution in [2.75, 3.05) is 25.6 Å². The predicted molar refractivity (Wildman–Crippen MR) is 128 cm³/mol. The van der Waals surface area contributed by atoms with Crippen LogP contribution in [-0.2, 0) is 0 Å². The smallest absolute Gasteiger partial charge is 0.253 e. The van der Waals surface area contributed by atoms with Gasteiger partial charge < -0.3 is 18.9 Å². The summed E-state index contributed by atoms with van der Waals surface area (Å²) in [4.78, 5) is 15.3. The van der Waals surface area contributed by atoms with Gasteiger partial charge in [0.1, 0.15) is 5.52 Å². The lowest BCUT2D eigenvalue weighted by Crippen LogP contribution is -2.32. The normalized spacial score (nSPS) is 17.8. The van der Waals surface area contributed by atoms with E-state index in [4.69, 9.17) is 14.0 Å². The molecule has 1 fully saturated rings. The van der Waals surface area contributed by atoms with E-state index in [9.17, 15) is 4.79 Å². The number of hydrogen-bond acceptors (Lipinski definition) is 6. The molecule has 1 atom stereocenters. The molecule has 3 aromatic carbocycles. The Labute approximate surface area is 195 Å². The maximum absolute atomic E-state index is 13.4. The fourth-order valence-electron chi connectivity index (χ4n) is 4.41. The Kier molecular flexibility index (Phi) is 5.19. The molecule has 1 amide bonds. The predicted octanol–water partition coefficient (Wildman–Crippen LogP) is 5.54. The molecular weight excluding hydrogens is 436 g/mol. The van der Waals surface area contributed by atoms with Crippen molar-refractivity contribution in [3.05, 3.63) is 77.9 Å². The molecule has 0 N–H and O–H groups in total. The summed E-state index contributed by atoms with van der Waals surface area (Å²) in [5.74, 6) is 3.23. The van der Waals surface area contributed by atoms with Crippen LogP contribution in [-0.4, -0.2) is 41.6 Å². The minimum atomic E-state index is 0.0454. The molecule has 33 heavy (non-hydrogen) atoms. The van der Waals surface area contributed by atoms with Crippen LogP contribution in [0.15, 0.2) is 71.3 Å². The number of ether oxygens (including phenoxy) is 2. The largest absolute Gasteiger partial charge is 0.454 e. The molecular formula is C26H22N2O4S. The third-order valence-corrected chi connectivity index (χ3v) is 7.48. The van der Waals surface area contributed by atoms with Crippen LogP contribution in [0.1, 0.15) is 27.6 Å². The monoisotopic (exact) mass is 458 g/mol. The Hall–Kier alpha value is -3.45. The number of carbonyl (C=O) groups excluding carboxylic acids is 1. The van der Waals surface area contributed by atoms with E-state index in [0.29, 0.717) is 23.1 Å². The molecule has 0 saturated carbocycles. The summed E-state index contributed by atoms with van der Waals surface area (Å²) < 4.78 is 16.6. The lowest BCUT2D eigenvalue weighted by atomic mass is 10.1. The molecule has 0 radical (unpaired) electrons. The van der Waals surface area contributed by atoms with Gasteiger partial charge in [0.15, 0.2) is 17.3 Å².